The number of hydrogen-bond donors (Lipinski definition) is 0. The molecule has 0 spiro atoms. The molecule has 1 nitrogen and oxygen atoms in total. The molecule has 21 heavy (non-hydrogen) atoms. The van der Waals surface area contributed by atoms with Gasteiger partial charge in [-0.2, -0.15) is 33.8 Å². The maximum atomic E-state index is 4.21. The lowest BCUT2D eigenvalue weighted by atomic mass is 10.6. The summed E-state index contributed by atoms with van der Waals surface area (Å²) in [7, 11) is -2.93. The fourth-order valence-electron chi connectivity index (χ4n) is 2.72. The van der Waals surface area contributed by atoms with Crippen LogP contribution in [0.4, 0.5) is 0 Å². The van der Waals surface area contributed by atoms with Gasteiger partial charge in [-0.15, -0.1) is 0 Å². The third kappa shape index (κ3) is 6.46. The van der Waals surface area contributed by atoms with Gasteiger partial charge in [0.25, 0.3) is 0 Å². The fourth-order valence-corrected chi connectivity index (χ4v) is 22.4. The normalized spacial score (nSPS) is 17.5. The van der Waals surface area contributed by atoms with Crippen LogP contribution in [-0.4, -0.2) is 77.2 Å². The van der Waals surface area contributed by atoms with Gasteiger partial charge in [0.05, 0.1) is 0 Å². The van der Waals surface area contributed by atoms with Crippen molar-refractivity contribution < 1.29 is 0 Å². The van der Waals surface area contributed by atoms with Crippen LogP contribution in [0.3, 0.4) is 0 Å². The van der Waals surface area contributed by atoms with E-state index in [2.05, 4.69) is 78.8 Å². The summed E-state index contributed by atoms with van der Waals surface area (Å²) < 4.78 is 2.92. The van der Waals surface area contributed by atoms with Gasteiger partial charge in [0.2, 0.25) is 0 Å². The van der Waals surface area contributed by atoms with Crippen molar-refractivity contribution in [2.75, 3.05) is 74.1 Å². The monoisotopic (exact) mass is 373 g/mol. The second kappa shape index (κ2) is 7.16. The molecule has 0 unspecified atom stereocenters. The molecule has 0 N–H and O–H groups in total. The summed E-state index contributed by atoms with van der Waals surface area (Å²) in [4.78, 5) is 1.25. The van der Waals surface area contributed by atoms with Crippen LogP contribution in [0.2, 0.25) is 0 Å². The number of allylic oxidation sites excluding steroid dienone is 1. The fraction of sp³-hybridized carbons (Fsp3) is 0.750. The standard InChI is InChI=1S/C16H39NS4/c1-13-16(2)20(9,10)14-15-21(11,12)17(18(3,4)5)19(6,7)8/h13H,1-2,14-15H2,3-12H3. The van der Waals surface area contributed by atoms with Gasteiger partial charge in [-0.25, -0.2) is 10.0 Å². The van der Waals surface area contributed by atoms with Crippen LogP contribution in [0.1, 0.15) is 0 Å². The van der Waals surface area contributed by atoms with E-state index >= 15 is 0 Å². The minimum Gasteiger partial charge on any atom is -0.220 e. The van der Waals surface area contributed by atoms with Crippen molar-refractivity contribution in [3.63, 3.8) is 0 Å². The highest BCUT2D eigenvalue weighted by molar-refractivity contribution is 8.56. The van der Waals surface area contributed by atoms with E-state index in [0.29, 0.717) is 0 Å². The summed E-state index contributed by atoms with van der Waals surface area (Å²) in [5.74, 6) is 2.57. The van der Waals surface area contributed by atoms with Crippen LogP contribution in [0, 0.1) is 0 Å². The highest BCUT2D eigenvalue weighted by atomic mass is 32.4. The van der Waals surface area contributed by atoms with Crippen LogP contribution in [0.5, 0.6) is 0 Å². The van der Waals surface area contributed by atoms with E-state index in [0.717, 1.165) is 0 Å². The maximum Gasteiger partial charge on any atom is -0.00174 e. The molecular weight excluding hydrogens is 334 g/mol. The van der Waals surface area contributed by atoms with E-state index in [1.54, 1.807) is 0 Å². The summed E-state index contributed by atoms with van der Waals surface area (Å²) in [6, 6.07) is 0. The molecule has 0 aromatic heterocycles. The largest absolute Gasteiger partial charge is 0.220 e. The van der Waals surface area contributed by atoms with Gasteiger partial charge in [-0.3, -0.25) is 0 Å². The number of rotatable bonds is 8. The van der Waals surface area contributed by atoms with E-state index in [9.17, 15) is 0 Å². The van der Waals surface area contributed by atoms with E-state index in [1.807, 2.05) is 6.08 Å². The lowest BCUT2D eigenvalue weighted by molar-refractivity contribution is 1.16. The molecule has 0 atom stereocenters. The lowest BCUT2D eigenvalue weighted by Gasteiger charge is -2.61. The Morgan fingerprint density at radius 3 is 1.48 bits per heavy atom. The predicted molar refractivity (Wildman–Crippen MR) is 121 cm³/mol. The average molecular weight is 374 g/mol. The molecule has 0 aromatic rings. The van der Waals surface area contributed by atoms with Gasteiger partial charge >= 0.3 is 0 Å². The molecule has 0 aliphatic heterocycles. The molecule has 0 fully saturated rings. The van der Waals surface area contributed by atoms with Gasteiger partial charge in [0, 0.05) is 0 Å². The van der Waals surface area contributed by atoms with Gasteiger partial charge in [-0.05, 0) is 79.0 Å². The van der Waals surface area contributed by atoms with Gasteiger partial charge < -0.3 is 0 Å². The zero-order valence-corrected chi connectivity index (χ0v) is 19.3. The maximum absolute atomic E-state index is 4.21. The van der Waals surface area contributed by atoms with Crippen LogP contribution in [0.25, 0.3) is 0 Å². The Bertz CT molecular complexity index is 372. The second-order valence-electron chi connectivity index (χ2n) is 7.87. The van der Waals surface area contributed by atoms with Crippen molar-refractivity contribution in [3.05, 3.63) is 24.1 Å². The molecule has 0 aromatic carbocycles. The SMILES string of the molecule is C=CC(=C)S(C)(C)CCS(C)(C)N(S(C)(C)C)S(C)(C)C. The van der Waals surface area contributed by atoms with Gasteiger partial charge in [0.15, 0.2) is 0 Å². The molecule has 0 radical (unpaired) electrons. The van der Waals surface area contributed by atoms with E-state index in [1.165, 1.54) is 16.4 Å². The summed E-state index contributed by atoms with van der Waals surface area (Å²) in [5, 5.41) is 0. The first kappa shape index (κ1) is 21.8. The van der Waals surface area contributed by atoms with Crippen molar-refractivity contribution in [2.24, 2.45) is 0 Å². The average Bonchev–Trinajstić information content (AvgIpc) is 2.20. The third-order valence-electron chi connectivity index (χ3n) is 3.33. The van der Waals surface area contributed by atoms with Gasteiger partial charge in [0.1, 0.15) is 0 Å². The molecule has 0 amide bonds. The number of hydrogen-bond acceptors (Lipinski definition) is 1. The molecule has 0 rings (SSSR count). The quantitative estimate of drug-likeness (QED) is 0.525. The van der Waals surface area contributed by atoms with Crippen LogP contribution in [-0.2, 0) is 0 Å². The van der Waals surface area contributed by atoms with Crippen molar-refractivity contribution in [3.8, 4) is 0 Å². The molecule has 0 aliphatic rings. The summed E-state index contributed by atoms with van der Waals surface area (Å²) in [6.45, 7) is 8.12. The second-order valence-corrected chi connectivity index (χ2v) is 24.1. The van der Waals surface area contributed by atoms with Crippen molar-refractivity contribution >= 4 is 40.7 Å². The molecule has 0 saturated carbocycles. The van der Waals surface area contributed by atoms with Crippen molar-refractivity contribution in [2.45, 2.75) is 0 Å². The summed E-state index contributed by atoms with van der Waals surface area (Å²) in [6.07, 6.45) is 26.4. The van der Waals surface area contributed by atoms with E-state index in [4.69, 9.17) is 0 Å². The zero-order valence-electron chi connectivity index (χ0n) is 16.0. The molecule has 132 valence electrons. The van der Waals surface area contributed by atoms with Crippen molar-refractivity contribution in [1.82, 2.24) is 3.12 Å². The molecule has 0 heterocycles. The molecule has 0 saturated heterocycles. The Hall–Kier alpha value is 0.840. The Labute approximate surface area is 141 Å². The summed E-state index contributed by atoms with van der Waals surface area (Å²) >= 11 is 0. The first-order chi connectivity index (χ1) is 9.05. The Balaban J connectivity index is 5.28. The van der Waals surface area contributed by atoms with E-state index < -0.39 is 40.7 Å². The smallest absolute Gasteiger partial charge is 0.00174 e. The minimum absolute atomic E-state index is 0.700. The van der Waals surface area contributed by atoms with Gasteiger partial charge in [-0.1, -0.05) is 19.2 Å². The number of nitrogens with zero attached hydrogens (tertiary/aromatic N) is 1. The third-order valence-corrected chi connectivity index (χ3v) is 18.0. The topological polar surface area (TPSA) is 3.24 Å². The Kier molecular flexibility index (Phi) is 7.45. The molecule has 0 bridgehead atoms. The predicted octanol–water partition coefficient (Wildman–Crippen LogP) is 5.25. The van der Waals surface area contributed by atoms with E-state index in [-0.39, 0.29) is 0 Å². The minimum atomic E-state index is -0.768. The highest BCUT2D eigenvalue weighted by Crippen LogP contribution is 2.71. The molecular formula is C16H39NS4. The summed E-state index contributed by atoms with van der Waals surface area (Å²) in [5.41, 5.74) is 0. The first-order valence-corrected chi connectivity index (χ1v) is 17.8. The zero-order chi connectivity index (χ0) is 17.3. The van der Waals surface area contributed by atoms with Crippen LogP contribution >= 0.6 is 40.7 Å². The Morgan fingerprint density at radius 1 is 0.810 bits per heavy atom. The highest BCUT2D eigenvalue weighted by Gasteiger charge is 2.35. The molecule has 5 heteroatoms. The van der Waals surface area contributed by atoms with Crippen LogP contribution in [0.15, 0.2) is 24.1 Å². The molecule has 0 aliphatic carbocycles. The Morgan fingerprint density at radius 2 is 1.19 bits per heavy atom. The lowest BCUT2D eigenvalue weighted by Crippen LogP contribution is -2.33. The van der Waals surface area contributed by atoms with Crippen molar-refractivity contribution in [1.29, 1.82) is 0 Å². The van der Waals surface area contributed by atoms with Crippen LogP contribution < -0.4 is 0 Å². The first-order valence-electron chi connectivity index (χ1n) is 6.96.